The van der Waals surface area contributed by atoms with E-state index in [1.54, 1.807) is 0 Å². The van der Waals surface area contributed by atoms with Gasteiger partial charge in [-0.15, -0.1) is 0 Å². The summed E-state index contributed by atoms with van der Waals surface area (Å²) < 4.78 is 0. The van der Waals surface area contributed by atoms with Crippen LogP contribution in [0.25, 0.3) is 0 Å². The summed E-state index contributed by atoms with van der Waals surface area (Å²) in [7, 11) is 0. The largest absolute Gasteiger partial charge is 0.324 e. The van der Waals surface area contributed by atoms with Crippen molar-refractivity contribution in [1.29, 1.82) is 0 Å². The highest BCUT2D eigenvalue weighted by Gasteiger charge is 2.39. The molecule has 0 atom stereocenters. The average molecular weight is 284 g/mol. The summed E-state index contributed by atoms with van der Waals surface area (Å²) in [4.78, 5) is 12.7. The lowest BCUT2D eigenvalue weighted by Crippen LogP contribution is -2.33. The van der Waals surface area contributed by atoms with Gasteiger partial charge in [0.25, 0.3) is 0 Å². The molecule has 0 aromatic heterocycles. The number of carbonyl (C=O) groups is 1. The fourth-order valence-electron chi connectivity index (χ4n) is 3.06. The number of hydrogen-bond acceptors (Lipinski definition) is 2. The van der Waals surface area contributed by atoms with E-state index in [1.165, 1.54) is 0 Å². The van der Waals surface area contributed by atoms with E-state index in [-0.39, 0.29) is 11.3 Å². The van der Waals surface area contributed by atoms with E-state index >= 15 is 0 Å². The van der Waals surface area contributed by atoms with Crippen molar-refractivity contribution in [3.8, 4) is 11.8 Å². The number of benzene rings is 1. The Morgan fingerprint density at radius 2 is 2.10 bits per heavy atom. The van der Waals surface area contributed by atoms with Crippen LogP contribution in [0, 0.1) is 24.2 Å². The van der Waals surface area contributed by atoms with Gasteiger partial charge in [0.05, 0.1) is 12.2 Å². The molecule has 1 saturated carbocycles. The van der Waals surface area contributed by atoms with Gasteiger partial charge in [-0.1, -0.05) is 37.7 Å². The van der Waals surface area contributed by atoms with Crippen LogP contribution in [-0.2, 0) is 4.79 Å². The Morgan fingerprint density at radius 1 is 1.38 bits per heavy atom. The number of anilines is 1. The number of nitrogens with one attached hydrogen (secondary N) is 1. The van der Waals surface area contributed by atoms with Gasteiger partial charge in [0, 0.05) is 11.0 Å². The summed E-state index contributed by atoms with van der Waals surface area (Å²) in [6, 6.07) is 5.93. The van der Waals surface area contributed by atoms with Gasteiger partial charge in [0.2, 0.25) is 5.91 Å². The summed E-state index contributed by atoms with van der Waals surface area (Å²) in [5.41, 5.74) is 8.00. The van der Waals surface area contributed by atoms with Crippen molar-refractivity contribution in [2.24, 2.45) is 11.1 Å². The third-order valence-electron chi connectivity index (χ3n) is 4.47. The molecule has 2 rings (SSSR count). The number of amides is 1. The molecule has 1 aromatic carbocycles. The van der Waals surface area contributed by atoms with Gasteiger partial charge in [0.15, 0.2) is 0 Å². The van der Waals surface area contributed by atoms with Crippen LogP contribution in [-0.4, -0.2) is 12.5 Å². The molecule has 1 aliphatic rings. The van der Waals surface area contributed by atoms with Crippen molar-refractivity contribution in [1.82, 2.24) is 0 Å². The fourth-order valence-corrected chi connectivity index (χ4v) is 3.06. The molecule has 0 spiro atoms. The van der Waals surface area contributed by atoms with Crippen LogP contribution in [0.1, 0.15) is 50.2 Å². The minimum absolute atomic E-state index is 0.142. The van der Waals surface area contributed by atoms with E-state index in [0.717, 1.165) is 48.9 Å². The molecule has 3 N–H and O–H groups in total. The van der Waals surface area contributed by atoms with Crippen molar-refractivity contribution in [2.45, 2.75) is 46.0 Å². The molecule has 1 amide bonds. The first-order valence-electron chi connectivity index (χ1n) is 7.72. The Labute approximate surface area is 127 Å². The minimum Gasteiger partial charge on any atom is -0.324 e. The normalized spacial score (nSPS) is 16.1. The lowest BCUT2D eigenvalue weighted by Gasteiger charge is -2.26. The number of hydrogen-bond donors (Lipinski definition) is 2. The highest BCUT2D eigenvalue weighted by Crippen LogP contribution is 2.42. The van der Waals surface area contributed by atoms with Crippen molar-refractivity contribution in [3.05, 3.63) is 29.3 Å². The van der Waals surface area contributed by atoms with E-state index in [1.807, 2.05) is 25.1 Å². The monoisotopic (exact) mass is 284 g/mol. The third-order valence-corrected chi connectivity index (χ3v) is 4.47. The molecule has 0 bridgehead atoms. The van der Waals surface area contributed by atoms with E-state index in [0.29, 0.717) is 6.54 Å². The Kier molecular flexibility index (Phi) is 5.03. The molecule has 1 fully saturated rings. The maximum absolute atomic E-state index is 12.7. The van der Waals surface area contributed by atoms with E-state index in [9.17, 15) is 4.79 Å². The molecular weight excluding hydrogens is 260 g/mol. The molecule has 0 heterocycles. The smallest absolute Gasteiger partial charge is 0.230 e. The average Bonchev–Trinajstić information content (AvgIpc) is 2.96. The molecule has 1 aromatic rings. The summed E-state index contributed by atoms with van der Waals surface area (Å²) in [6.45, 7) is 4.44. The summed E-state index contributed by atoms with van der Waals surface area (Å²) in [5, 5.41) is 3.11. The first kappa shape index (κ1) is 15.6. The van der Waals surface area contributed by atoms with Crippen LogP contribution in [0.4, 0.5) is 5.69 Å². The maximum atomic E-state index is 12.7. The first-order chi connectivity index (χ1) is 10.1. The van der Waals surface area contributed by atoms with Gasteiger partial charge < -0.3 is 11.1 Å². The molecule has 1 aliphatic carbocycles. The zero-order valence-electron chi connectivity index (χ0n) is 13.0. The van der Waals surface area contributed by atoms with Crippen molar-refractivity contribution in [2.75, 3.05) is 11.9 Å². The highest BCUT2D eigenvalue weighted by molar-refractivity contribution is 5.96. The predicted molar refractivity (Wildman–Crippen MR) is 86.9 cm³/mol. The van der Waals surface area contributed by atoms with Crippen LogP contribution in [0.15, 0.2) is 18.2 Å². The quantitative estimate of drug-likeness (QED) is 0.837. The van der Waals surface area contributed by atoms with Crippen LogP contribution >= 0.6 is 0 Å². The number of nitrogens with two attached hydrogens (primary N) is 1. The standard InChI is InChI=1S/C18H24N2O/c1-3-18(10-4-5-11-18)17(21)20-16-13-14(2)8-9-15(16)7-6-12-19/h8-9,13H,3-5,10-12,19H2,1-2H3,(H,20,21). The second kappa shape index (κ2) is 6.78. The van der Waals surface area contributed by atoms with Gasteiger partial charge in [-0.3, -0.25) is 4.79 Å². The van der Waals surface area contributed by atoms with Gasteiger partial charge in [0.1, 0.15) is 0 Å². The Morgan fingerprint density at radius 3 is 2.71 bits per heavy atom. The molecule has 0 radical (unpaired) electrons. The van der Waals surface area contributed by atoms with Crippen LogP contribution in [0.3, 0.4) is 0 Å². The topological polar surface area (TPSA) is 55.1 Å². The summed E-state index contributed by atoms with van der Waals surface area (Å²) in [6.07, 6.45) is 5.17. The molecular formula is C18H24N2O. The molecule has 3 nitrogen and oxygen atoms in total. The second-order valence-electron chi connectivity index (χ2n) is 5.85. The lowest BCUT2D eigenvalue weighted by atomic mass is 9.82. The lowest BCUT2D eigenvalue weighted by molar-refractivity contribution is -0.125. The van der Waals surface area contributed by atoms with Crippen LogP contribution < -0.4 is 11.1 Å². The molecule has 0 saturated heterocycles. The summed E-state index contributed by atoms with van der Waals surface area (Å²) >= 11 is 0. The van der Waals surface area contributed by atoms with Gasteiger partial charge in [-0.2, -0.15) is 0 Å². The van der Waals surface area contributed by atoms with Gasteiger partial charge >= 0.3 is 0 Å². The van der Waals surface area contributed by atoms with E-state index < -0.39 is 0 Å². The van der Waals surface area contributed by atoms with Crippen LogP contribution in [0.5, 0.6) is 0 Å². The van der Waals surface area contributed by atoms with Crippen LogP contribution in [0.2, 0.25) is 0 Å². The molecule has 21 heavy (non-hydrogen) atoms. The summed E-state index contributed by atoms with van der Waals surface area (Å²) in [5.74, 6) is 6.04. The SMILES string of the molecule is CCC1(C(=O)Nc2cc(C)ccc2C#CCN)CCCC1. The maximum Gasteiger partial charge on any atom is 0.230 e. The Hall–Kier alpha value is -1.79. The molecule has 0 unspecified atom stereocenters. The van der Waals surface area contributed by atoms with Crippen molar-refractivity contribution in [3.63, 3.8) is 0 Å². The number of rotatable bonds is 3. The molecule has 3 heteroatoms. The fraction of sp³-hybridized carbons (Fsp3) is 0.500. The van der Waals surface area contributed by atoms with E-state index in [4.69, 9.17) is 5.73 Å². The number of carbonyl (C=O) groups excluding carboxylic acids is 1. The Bertz CT molecular complexity index is 575. The third kappa shape index (κ3) is 3.46. The second-order valence-corrected chi connectivity index (χ2v) is 5.85. The molecule has 112 valence electrons. The number of aryl methyl sites for hydroxylation is 1. The first-order valence-corrected chi connectivity index (χ1v) is 7.72. The minimum atomic E-state index is -0.192. The zero-order valence-corrected chi connectivity index (χ0v) is 13.0. The van der Waals surface area contributed by atoms with Gasteiger partial charge in [-0.25, -0.2) is 0 Å². The Balaban J connectivity index is 2.25. The molecule has 0 aliphatic heterocycles. The predicted octanol–water partition coefficient (Wildman–Crippen LogP) is 3.21. The van der Waals surface area contributed by atoms with Gasteiger partial charge in [-0.05, 0) is 43.9 Å². The van der Waals surface area contributed by atoms with Crippen molar-refractivity contribution < 1.29 is 4.79 Å². The van der Waals surface area contributed by atoms with Crippen molar-refractivity contribution >= 4 is 11.6 Å². The zero-order chi connectivity index (χ0) is 15.3. The highest BCUT2D eigenvalue weighted by atomic mass is 16.2. The van der Waals surface area contributed by atoms with E-state index in [2.05, 4.69) is 24.1 Å².